The van der Waals surface area contributed by atoms with Crippen molar-refractivity contribution in [3.63, 3.8) is 0 Å². The Morgan fingerprint density at radius 1 is 1.25 bits per heavy atom. The van der Waals surface area contributed by atoms with Gasteiger partial charge in [0, 0.05) is 25.7 Å². The Bertz CT molecular complexity index is 369. The van der Waals surface area contributed by atoms with Gasteiger partial charge >= 0.3 is 6.18 Å². The molecule has 1 fully saturated rings. The predicted octanol–water partition coefficient (Wildman–Crippen LogP) is 3.46. The summed E-state index contributed by atoms with van der Waals surface area (Å²) in [6, 6.07) is -0.189. The summed E-state index contributed by atoms with van der Waals surface area (Å²) >= 11 is 0. The molecule has 1 rings (SSSR count). The third-order valence-electron chi connectivity index (χ3n) is 4.56. The first-order valence-electron chi connectivity index (χ1n) is 9.13. The first-order chi connectivity index (χ1) is 11.4. The van der Waals surface area contributed by atoms with Crippen molar-refractivity contribution in [2.45, 2.75) is 71.0 Å². The van der Waals surface area contributed by atoms with Crippen LogP contribution in [0, 0.1) is 11.8 Å². The molecule has 142 valence electrons. The van der Waals surface area contributed by atoms with Crippen molar-refractivity contribution in [2.75, 3.05) is 19.7 Å². The molecule has 0 aliphatic heterocycles. The van der Waals surface area contributed by atoms with E-state index in [0.717, 1.165) is 19.3 Å². The lowest BCUT2D eigenvalue weighted by Crippen LogP contribution is -2.47. The Hall–Kier alpha value is -0.980. The molecule has 0 radical (unpaired) electrons. The molecular formula is C17H32F3N3O. The monoisotopic (exact) mass is 351 g/mol. The average Bonchev–Trinajstić information content (AvgIpc) is 2.52. The van der Waals surface area contributed by atoms with Gasteiger partial charge in [0.15, 0.2) is 5.96 Å². The lowest BCUT2D eigenvalue weighted by Gasteiger charge is -2.32. The highest BCUT2D eigenvalue weighted by molar-refractivity contribution is 5.80. The van der Waals surface area contributed by atoms with E-state index >= 15 is 0 Å². The Morgan fingerprint density at radius 3 is 2.58 bits per heavy atom. The molecule has 7 heteroatoms. The quantitative estimate of drug-likeness (QED) is 0.464. The number of rotatable bonds is 8. The van der Waals surface area contributed by atoms with Crippen LogP contribution in [0.4, 0.5) is 13.2 Å². The zero-order valence-corrected chi connectivity index (χ0v) is 14.8. The molecular weight excluding hydrogens is 319 g/mol. The Labute approximate surface area is 143 Å². The number of hydrogen-bond acceptors (Lipinski definition) is 2. The lowest BCUT2D eigenvalue weighted by molar-refractivity contribution is -0.183. The second kappa shape index (κ2) is 10.8. The van der Waals surface area contributed by atoms with Crippen molar-refractivity contribution < 1.29 is 18.3 Å². The van der Waals surface area contributed by atoms with E-state index < -0.39 is 12.1 Å². The van der Waals surface area contributed by atoms with Gasteiger partial charge in [0.05, 0.1) is 5.92 Å². The van der Waals surface area contributed by atoms with E-state index in [1.165, 1.54) is 0 Å². The second-order valence-electron chi connectivity index (χ2n) is 6.63. The third kappa shape index (κ3) is 7.73. The SMILES string of the molecule is CCCC(CCO)CN=C(NCC)NC1CCCC(C(F)(F)F)C1. The highest BCUT2D eigenvalue weighted by atomic mass is 19.4. The Morgan fingerprint density at radius 2 is 2.00 bits per heavy atom. The number of nitrogens with zero attached hydrogens (tertiary/aromatic N) is 1. The molecule has 3 unspecified atom stereocenters. The van der Waals surface area contributed by atoms with Gasteiger partial charge in [-0.15, -0.1) is 0 Å². The van der Waals surface area contributed by atoms with E-state index in [2.05, 4.69) is 22.5 Å². The topological polar surface area (TPSA) is 56.7 Å². The highest BCUT2D eigenvalue weighted by Gasteiger charge is 2.42. The number of hydrogen-bond donors (Lipinski definition) is 3. The molecule has 0 saturated heterocycles. The van der Waals surface area contributed by atoms with Crippen molar-refractivity contribution in [1.82, 2.24) is 10.6 Å². The van der Waals surface area contributed by atoms with Crippen molar-refractivity contribution in [3.05, 3.63) is 0 Å². The van der Waals surface area contributed by atoms with E-state index in [9.17, 15) is 13.2 Å². The van der Waals surface area contributed by atoms with Crippen LogP contribution in [0.15, 0.2) is 4.99 Å². The summed E-state index contributed by atoms with van der Waals surface area (Å²) in [5, 5.41) is 15.4. The van der Waals surface area contributed by atoms with Crippen LogP contribution >= 0.6 is 0 Å². The van der Waals surface area contributed by atoms with Gasteiger partial charge < -0.3 is 15.7 Å². The molecule has 3 atom stereocenters. The summed E-state index contributed by atoms with van der Waals surface area (Å²) in [6.45, 7) is 5.42. The van der Waals surface area contributed by atoms with E-state index in [1.807, 2.05) is 6.92 Å². The van der Waals surface area contributed by atoms with Gasteiger partial charge in [-0.05, 0) is 44.9 Å². The van der Waals surface area contributed by atoms with Gasteiger partial charge in [0.1, 0.15) is 0 Å². The van der Waals surface area contributed by atoms with Gasteiger partial charge in [-0.2, -0.15) is 13.2 Å². The molecule has 1 saturated carbocycles. The minimum absolute atomic E-state index is 0.114. The van der Waals surface area contributed by atoms with E-state index in [4.69, 9.17) is 5.11 Å². The number of aliphatic imine (C=N–C) groups is 1. The van der Waals surface area contributed by atoms with Crippen molar-refractivity contribution >= 4 is 5.96 Å². The minimum atomic E-state index is -4.11. The number of aliphatic hydroxyl groups excluding tert-OH is 1. The van der Waals surface area contributed by atoms with Crippen LogP contribution in [-0.4, -0.2) is 43.0 Å². The molecule has 3 N–H and O–H groups in total. The maximum Gasteiger partial charge on any atom is 0.391 e. The van der Waals surface area contributed by atoms with Gasteiger partial charge in [0.25, 0.3) is 0 Å². The average molecular weight is 351 g/mol. The molecule has 1 aliphatic rings. The number of alkyl halides is 3. The van der Waals surface area contributed by atoms with E-state index in [1.54, 1.807) is 0 Å². The van der Waals surface area contributed by atoms with Crippen molar-refractivity contribution in [1.29, 1.82) is 0 Å². The normalized spacial score (nSPS) is 23.8. The maximum absolute atomic E-state index is 12.9. The number of guanidine groups is 1. The zero-order chi connectivity index (χ0) is 18.0. The molecule has 1 aliphatic carbocycles. The molecule has 0 aromatic heterocycles. The second-order valence-corrected chi connectivity index (χ2v) is 6.63. The minimum Gasteiger partial charge on any atom is -0.396 e. The summed E-state index contributed by atoms with van der Waals surface area (Å²) in [5.41, 5.74) is 0. The number of aliphatic hydroxyl groups is 1. The summed E-state index contributed by atoms with van der Waals surface area (Å²) < 4.78 is 38.8. The standard InChI is InChI=1S/C17H32F3N3O/c1-3-6-13(9-10-24)12-22-16(21-4-2)23-15-8-5-7-14(11-15)17(18,19)20/h13-15,24H,3-12H2,1-2H3,(H2,21,22,23). The van der Waals surface area contributed by atoms with Gasteiger partial charge in [-0.1, -0.05) is 19.8 Å². The summed E-state index contributed by atoms with van der Waals surface area (Å²) in [6.07, 6.45) is 0.284. The summed E-state index contributed by atoms with van der Waals surface area (Å²) in [5.74, 6) is -0.317. The molecule has 24 heavy (non-hydrogen) atoms. The molecule has 0 amide bonds. The molecule has 0 heterocycles. The molecule has 0 spiro atoms. The van der Waals surface area contributed by atoms with Crippen LogP contribution in [0.1, 0.15) is 58.8 Å². The molecule has 0 aromatic carbocycles. The Kier molecular flexibility index (Phi) is 9.48. The highest BCUT2D eigenvalue weighted by Crippen LogP contribution is 2.37. The van der Waals surface area contributed by atoms with Crippen molar-refractivity contribution in [2.24, 2.45) is 16.8 Å². The fraction of sp³-hybridized carbons (Fsp3) is 0.941. The van der Waals surface area contributed by atoms with Gasteiger partial charge in [-0.25, -0.2) is 0 Å². The van der Waals surface area contributed by atoms with E-state index in [-0.39, 0.29) is 25.5 Å². The zero-order valence-electron chi connectivity index (χ0n) is 14.8. The number of nitrogens with one attached hydrogen (secondary N) is 2. The molecule has 4 nitrogen and oxygen atoms in total. The predicted molar refractivity (Wildman–Crippen MR) is 91.0 cm³/mol. The van der Waals surface area contributed by atoms with Crippen molar-refractivity contribution in [3.8, 4) is 0 Å². The first kappa shape index (κ1) is 21.1. The third-order valence-corrected chi connectivity index (χ3v) is 4.56. The molecule has 0 bridgehead atoms. The van der Waals surface area contributed by atoms with Crippen LogP contribution in [0.5, 0.6) is 0 Å². The fourth-order valence-corrected chi connectivity index (χ4v) is 3.27. The van der Waals surface area contributed by atoms with E-state index in [0.29, 0.717) is 37.8 Å². The lowest BCUT2D eigenvalue weighted by atomic mass is 9.85. The van der Waals surface area contributed by atoms with Crippen LogP contribution in [0.25, 0.3) is 0 Å². The van der Waals surface area contributed by atoms with Crippen LogP contribution < -0.4 is 10.6 Å². The van der Waals surface area contributed by atoms with Gasteiger partial charge in [0.2, 0.25) is 0 Å². The summed E-state index contributed by atoms with van der Waals surface area (Å²) in [7, 11) is 0. The van der Waals surface area contributed by atoms with Crippen LogP contribution in [0.3, 0.4) is 0 Å². The largest absolute Gasteiger partial charge is 0.396 e. The summed E-state index contributed by atoms with van der Waals surface area (Å²) in [4.78, 5) is 4.53. The smallest absolute Gasteiger partial charge is 0.391 e. The van der Waals surface area contributed by atoms with Crippen LogP contribution in [-0.2, 0) is 0 Å². The number of halogens is 3. The fourth-order valence-electron chi connectivity index (χ4n) is 3.27. The Balaban J connectivity index is 2.62. The molecule has 0 aromatic rings. The van der Waals surface area contributed by atoms with Gasteiger partial charge in [-0.3, -0.25) is 4.99 Å². The van der Waals surface area contributed by atoms with Crippen LogP contribution in [0.2, 0.25) is 0 Å². The first-order valence-corrected chi connectivity index (χ1v) is 9.13. The maximum atomic E-state index is 12.9.